The van der Waals surface area contributed by atoms with Gasteiger partial charge in [0.2, 0.25) is 0 Å². The van der Waals surface area contributed by atoms with Crippen molar-refractivity contribution in [3.8, 4) is 0 Å². The highest BCUT2D eigenvalue weighted by Crippen LogP contribution is 2.19. The number of hydrogen-bond donors (Lipinski definition) is 0. The number of hydrogen-bond acceptors (Lipinski definition) is 6. The topological polar surface area (TPSA) is 78.9 Å². The minimum Gasteiger partial charge on any atom is -0.462 e. The molecular weight excluding hydrogens is 949 g/mol. The number of carbonyl (C=O) groups is 3. The van der Waals surface area contributed by atoms with Crippen molar-refractivity contribution in [3.05, 3.63) is 24.3 Å². The average molecular weight is 1080 g/mol. The minimum atomic E-state index is -0.774. The van der Waals surface area contributed by atoms with Crippen LogP contribution in [-0.4, -0.2) is 37.2 Å². The molecule has 0 rings (SSSR count). The predicted octanol–water partition coefficient (Wildman–Crippen LogP) is 23.8. The van der Waals surface area contributed by atoms with Crippen molar-refractivity contribution in [1.29, 1.82) is 0 Å². The maximum atomic E-state index is 12.9. The molecule has 0 fully saturated rings. The molecule has 0 bridgehead atoms. The number of esters is 3. The van der Waals surface area contributed by atoms with E-state index in [2.05, 4.69) is 45.1 Å². The molecule has 6 nitrogen and oxygen atoms in total. The van der Waals surface area contributed by atoms with Crippen LogP contribution in [0.1, 0.15) is 393 Å². The highest BCUT2D eigenvalue weighted by molar-refractivity contribution is 5.71. The Balaban J connectivity index is 4.24. The number of ether oxygens (including phenoxy) is 3. The Labute approximate surface area is 481 Å². The van der Waals surface area contributed by atoms with Crippen LogP contribution in [0.4, 0.5) is 0 Å². The van der Waals surface area contributed by atoms with Gasteiger partial charge in [-0.2, -0.15) is 0 Å². The van der Waals surface area contributed by atoms with Gasteiger partial charge < -0.3 is 14.2 Å². The van der Waals surface area contributed by atoms with Gasteiger partial charge in [-0.3, -0.25) is 14.4 Å². The van der Waals surface area contributed by atoms with Crippen molar-refractivity contribution < 1.29 is 28.6 Å². The number of rotatable bonds is 65. The lowest BCUT2D eigenvalue weighted by Crippen LogP contribution is -2.30. The van der Waals surface area contributed by atoms with Gasteiger partial charge in [0.1, 0.15) is 13.2 Å². The zero-order valence-electron chi connectivity index (χ0n) is 52.3. The van der Waals surface area contributed by atoms with Crippen LogP contribution in [0, 0.1) is 0 Å². The summed E-state index contributed by atoms with van der Waals surface area (Å²) in [5, 5.41) is 0. The molecule has 0 heterocycles. The summed E-state index contributed by atoms with van der Waals surface area (Å²) in [5.74, 6) is -0.852. The van der Waals surface area contributed by atoms with Crippen LogP contribution in [0.3, 0.4) is 0 Å². The summed E-state index contributed by atoms with van der Waals surface area (Å²) in [6.07, 6.45) is 80.6. The van der Waals surface area contributed by atoms with Crippen molar-refractivity contribution >= 4 is 17.9 Å². The first-order chi connectivity index (χ1) is 38.0. The first kappa shape index (κ1) is 74.9. The van der Waals surface area contributed by atoms with E-state index in [0.717, 1.165) is 77.0 Å². The molecule has 0 N–H and O–H groups in total. The van der Waals surface area contributed by atoms with E-state index < -0.39 is 6.10 Å². The second kappa shape index (κ2) is 66.4. The summed E-state index contributed by atoms with van der Waals surface area (Å²) in [7, 11) is 0. The fraction of sp³-hybridized carbons (Fsp3) is 0.901. The number of unbranched alkanes of at least 4 members (excludes halogenated alkanes) is 50. The van der Waals surface area contributed by atoms with Gasteiger partial charge >= 0.3 is 17.9 Å². The van der Waals surface area contributed by atoms with Crippen LogP contribution >= 0.6 is 0 Å². The molecule has 6 heteroatoms. The van der Waals surface area contributed by atoms with E-state index in [9.17, 15) is 14.4 Å². The van der Waals surface area contributed by atoms with Gasteiger partial charge in [-0.05, 0) is 44.9 Å². The third-order valence-corrected chi connectivity index (χ3v) is 16.0. The normalized spacial score (nSPS) is 12.1. The summed E-state index contributed by atoms with van der Waals surface area (Å²) >= 11 is 0. The van der Waals surface area contributed by atoms with Gasteiger partial charge in [0, 0.05) is 19.3 Å². The Bertz CT molecular complexity index is 1240. The van der Waals surface area contributed by atoms with E-state index in [0.29, 0.717) is 19.3 Å². The lowest BCUT2D eigenvalue weighted by atomic mass is 10.0. The lowest BCUT2D eigenvalue weighted by molar-refractivity contribution is -0.167. The number of allylic oxidation sites excluding steroid dienone is 4. The fourth-order valence-corrected chi connectivity index (χ4v) is 10.7. The molecule has 0 aromatic carbocycles. The SMILES string of the molecule is CCCC/C=C\C/C=C\CCCCCCCC(=O)OCC(COC(=O)CCCCCCCCCCCCCCCCCCCCCCCCCC)OC(=O)CCCCCCCCCCCCCCCCCCCCCCC. The van der Waals surface area contributed by atoms with E-state index in [1.165, 1.54) is 276 Å². The molecule has 0 radical (unpaired) electrons. The molecule has 77 heavy (non-hydrogen) atoms. The molecule has 0 aliphatic rings. The third kappa shape index (κ3) is 64.6. The first-order valence-corrected chi connectivity index (χ1v) is 34.8. The van der Waals surface area contributed by atoms with Gasteiger partial charge in [0.15, 0.2) is 6.10 Å². The molecule has 0 aliphatic heterocycles. The standard InChI is InChI=1S/C71H134O6/c1-4-7-10-13-16-19-22-25-28-30-32-34-35-36-38-39-41-43-46-49-52-55-58-61-64-70(73)76-67-68(66-75-69(72)63-60-57-54-51-48-45-27-24-21-18-15-12-9-6-3)77-71(74)65-62-59-56-53-50-47-44-42-40-37-33-31-29-26-23-20-17-14-11-8-5-2/h15,18,24,27,68H,4-14,16-17,19-23,25-26,28-67H2,1-3H3/b18-15-,27-24-. The summed E-state index contributed by atoms with van der Waals surface area (Å²) in [4.78, 5) is 38.4. The van der Waals surface area contributed by atoms with Crippen LogP contribution in [0.25, 0.3) is 0 Å². The molecule has 0 amide bonds. The van der Waals surface area contributed by atoms with E-state index >= 15 is 0 Å². The Morgan fingerprint density at radius 2 is 0.481 bits per heavy atom. The Kier molecular flexibility index (Phi) is 64.6. The number of carbonyl (C=O) groups excluding carboxylic acids is 3. The van der Waals surface area contributed by atoms with E-state index in [1.54, 1.807) is 0 Å². The van der Waals surface area contributed by atoms with E-state index in [1.807, 2.05) is 0 Å². The lowest BCUT2D eigenvalue weighted by Gasteiger charge is -2.18. The zero-order valence-corrected chi connectivity index (χ0v) is 52.3. The van der Waals surface area contributed by atoms with Crippen molar-refractivity contribution in [1.82, 2.24) is 0 Å². The van der Waals surface area contributed by atoms with Crippen LogP contribution in [-0.2, 0) is 28.6 Å². The molecule has 0 aromatic heterocycles. The predicted molar refractivity (Wildman–Crippen MR) is 335 cm³/mol. The molecule has 0 spiro atoms. The molecule has 0 aromatic rings. The molecule has 0 saturated heterocycles. The summed E-state index contributed by atoms with van der Waals surface area (Å²) in [5.41, 5.74) is 0. The van der Waals surface area contributed by atoms with Crippen molar-refractivity contribution in [2.45, 2.75) is 399 Å². The molecule has 454 valence electrons. The Hall–Kier alpha value is -2.11. The highest BCUT2D eigenvalue weighted by Gasteiger charge is 2.19. The van der Waals surface area contributed by atoms with Gasteiger partial charge in [0.25, 0.3) is 0 Å². The van der Waals surface area contributed by atoms with Gasteiger partial charge in [-0.15, -0.1) is 0 Å². The second-order valence-corrected chi connectivity index (χ2v) is 23.8. The third-order valence-electron chi connectivity index (χ3n) is 16.0. The van der Waals surface area contributed by atoms with Crippen LogP contribution in [0.5, 0.6) is 0 Å². The van der Waals surface area contributed by atoms with Gasteiger partial charge in [-0.1, -0.05) is 353 Å². The van der Waals surface area contributed by atoms with E-state index in [4.69, 9.17) is 14.2 Å². The average Bonchev–Trinajstić information content (AvgIpc) is 3.43. The smallest absolute Gasteiger partial charge is 0.306 e. The highest BCUT2D eigenvalue weighted by atomic mass is 16.6. The maximum Gasteiger partial charge on any atom is 0.306 e. The minimum absolute atomic E-state index is 0.0693. The van der Waals surface area contributed by atoms with Crippen LogP contribution < -0.4 is 0 Å². The second-order valence-electron chi connectivity index (χ2n) is 23.8. The van der Waals surface area contributed by atoms with Crippen molar-refractivity contribution in [2.75, 3.05) is 13.2 Å². The van der Waals surface area contributed by atoms with Crippen LogP contribution in [0.2, 0.25) is 0 Å². The molecule has 0 saturated carbocycles. The molecule has 1 unspecified atom stereocenters. The van der Waals surface area contributed by atoms with Crippen molar-refractivity contribution in [3.63, 3.8) is 0 Å². The monoisotopic (exact) mass is 1080 g/mol. The van der Waals surface area contributed by atoms with Gasteiger partial charge in [0.05, 0.1) is 0 Å². The fourth-order valence-electron chi connectivity index (χ4n) is 10.7. The van der Waals surface area contributed by atoms with Crippen LogP contribution in [0.15, 0.2) is 24.3 Å². The molecule has 0 aliphatic carbocycles. The quantitative estimate of drug-likeness (QED) is 0.0261. The Morgan fingerprint density at radius 3 is 0.753 bits per heavy atom. The summed E-state index contributed by atoms with van der Waals surface area (Å²) in [6.45, 7) is 6.67. The molecule has 1 atom stereocenters. The summed E-state index contributed by atoms with van der Waals surface area (Å²) in [6, 6.07) is 0. The van der Waals surface area contributed by atoms with E-state index in [-0.39, 0.29) is 31.1 Å². The zero-order chi connectivity index (χ0) is 55.7. The first-order valence-electron chi connectivity index (χ1n) is 34.8. The Morgan fingerprint density at radius 1 is 0.260 bits per heavy atom. The largest absolute Gasteiger partial charge is 0.462 e. The maximum absolute atomic E-state index is 12.9. The summed E-state index contributed by atoms with van der Waals surface area (Å²) < 4.78 is 17.0. The van der Waals surface area contributed by atoms with Gasteiger partial charge in [-0.25, -0.2) is 0 Å². The van der Waals surface area contributed by atoms with Crippen molar-refractivity contribution in [2.24, 2.45) is 0 Å². The molecular formula is C71H134O6.